The van der Waals surface area contributed by atoms with Crippen molar-refractivity contribution in [1.29, 1.82) is 0 Å². The maximum absolute atomic E-state index is 12.7. The number of hydrogen-bond acceptors (Lipinski definition) is 4. The number of halogens is 1. The van der Waals surface area contributed by atoms with Crippen molar-refractivity contribution in [2.24, 2.45) is 0 Å². The average molecular weight is 437 g/mol. The number of benzene rings is 2. The molecular formula is C21H25ClN2O4S. The van der Waals surface area contributed by atoms with Gasteiger partial charge in [0.05, 0.1) is 4.90 Å². The molecule has 6 nitrogen and oxygen atoms in total. The van der Waals surface area contributed by atoms with Gasteiger partial charge in [0.2, 0.25) is 10.0 Å². The van der Waals surface area contributed by atoms with E-state index in [0.717, 1.165) is 5.56 Å². The molecule has 0 saturated carbocycles. The van der Waals surface area contributed by atoms with Crippen LogP contribution in [0.2, 0.25) is 5.02 Å². The lowest BCUT2D eigenvalue weighted by molar-refractivity contribution is -0.139. The average Bonchev–Trinajstić information content (AvgIpc) is 2.70. The van der Waals surface area contributed by atoms with Gasteiger partial charge >= 0.3 is 0 Å². The van der Waals surface area contributed by atoms with Crippen molar-refractivity contribution in [3.05, 3.63) is 59.1 Å². The number of nitrogens with zero attached hydrogens (tertiary/aromatic N) is 1. The zero-order chi connectivity index (χ0) is 21.0. The Balaban J connectivity index is 1.52. The van der Waals surface area contributed by atoms with Crippen LogP contribution in [-0.4, -0.2) is 44.5 Å². The second-order valence-corrected chi connectivity index (χ2v) is 9.40. The summed E-state index contributed by atoms with van der Waals surface area (Å²) in [6, 6.07) is 13.4. The first-order valence-corrected chi connectivity index (χ1v) is 11.4. The number of aryl methyl sites for hydroxylation is 1. The monoisotopic (exact) mass is 436 g/mol. The summed E-state index contributed by atoms with van der Waals surface area (Å²) >= 11 is 5.86. The van der Waals surface area contributed by atoms with Gasteiger partial charge in [0.1, 0.15) is 5.75 Å². The SMILES string of the molecule is Cc1ccc(S(=O)(=O)NC2CCN(C(=O)C(C)Oc3ccc(Cl)cc3)CC2)cc1. The fourth-order valence-electron chi connectivity index (χ4n) is 3.25. The van der Waals surface area contributed by atoms with Crippen molar-refractivity contribution < 1.29 is 17.9 Å². The highest BCUT2D eigenvalue weighted by Crippen LogP contribution is 2.19. The summed E-state index contributed by atoms with van der Waals surface area (Å²) in [5, 5.41) is 0.603. The van der Waals surface area contributed by atoms with Gasteiger partial charge in [0.25, 0.3) is 5.91 Å². The van der Waals surface area contributed by atoms with Gasteiger partial charge in [-0.25, -0.2) is 13.1 Å². The van der Waals surface area contributed by atoms with Crippen LogP contribution in [0.4, 0.5) is 0 Å². The quantitative estimate of drug-likeness (QED) is 0.753. The van der Waals surface area contributed by atoms with E-state index >= 15 is 0 Å². The Hall–Kier alpha value is -2.09. The van der Waals surface area contributed by atoms with Crippen molar-refractivity contribution in [1.82, 2.24) is 9.62 Å². The van der Waals surface area contributed by atoms with Gasteiger partial charge in [-0.2, -0.15) is 0 Å². The van der Waals surface area contributed by atoms with Gasteiger partial charge in [-0.3, -0.25) is 4.79 Å². The van der Waals surface area contributed by atoms with Gasteiger partial charge in [0.15, 0.2) is 6.10 Å². The summed E-state index contributed by atoms with van der Waals surface area (Å²) < 4.78 is 33.5. The Kier molecular flexibility index (Phi) is 6.82. The fraction of sp³-hybridized carbons (Fsp3) is 0.381. The van der Waals surface area contributed by atoms with E-state index in [1.54, 1.807) is 60.4 Å². The van der Waals surface area contributed by atoms with Crippen LogP contribution >= 0.6 is 11.6 Å². The Morgan fingerprint density at radius 3 is 2.28 bits per heavy atom. The molecule has 0 aliphatic carbocycles. The number of hydrogen-bond donors (Lipinski definition) is 1. The molecule has 156 valence electrons. The highest BCUT2D eigenvalue weighted by Gasteiger charge is 2.29. The molecule has 1 unspecified atom stereocenters. The molecule has 1 atom stereocenters. The number of carbonyl (C=O) groups is 1. The summed E-state index contributed by atoms with van der Waals surface area (Å²) in [4.78, 5) is 14.6. The van der Waals surface area contributed by atoms with Crippen molar-refractivity contribution in [2.75, 3.05) is 13.1 Å². The highest BCUT2D eigenvalue weighted by atomic mass is 35.5. The van der Waals surface area contributed by atoms with Crippen LogP contribution in [0.3, 0.4) is 0 Å². The van der Waals surface area contributed by atoms with Crippen LogP contribution in [0.25, 0.3) is 0 Å². The van der Waals surface area contributed by atoms with Crippen molar-refractivity contribution in [3.8, 4) is 5.75 Å². The standard InChI is InChI=1S/C21H25ClN2O4S/c1-15-3-9-20(10-4-15)29(26,27)23-18-11-13-24(14-12-18)21(25)16(2)28-19-7-5-17(22)6-8-19/h3-10,16,18,23H,11-14H2,1-2H3. The zero-order valence-electron chi connectivity index (χ0n) is 16.5. The molecule has 29 heavy (non-hydrogen) atoms. The van der Waals surface area contributed by atoms with E-state index < -0.39 is 16.1 Å². The lowest BCUT2D eigenvalue weighted by Crippen LogP contribution is -2.49. The summed E-state index contributed by atoms with van der Waals surface area (Å²) in [5.74, 6) is 0.468. The van der Waals surface area contributed by atoms with E-state index in [2.05, 4.69) is 4.72 Å². The minimum Gasteiger partial charge on any atom is -0.481 e. The molecule has 2 aromatic carbocycles. The molecule has 1 saturated heterocycles. The van der Waals surface area contributed by atoms with Crippen LogP contribution in [0.1, 0.15) is 25.3 Å². The van der Waals surface area contributed by atoms with Crippen molar-refractivity contribution >= 4 is 27.5 Å². The molecular weight excluding hydrogens is 412 g/mol. The first kappa shape index (κ1) is 21.6. The first-order chi connectivity index (χ1) is 13.7. The van der Waals surface area contributed by atoms with Crippen molar-refractivity contribution in [2.45, 2.75) is 43.7 Å². The predicted octanol–water partition coefficient (Wildman–Crippen LogP) is 3.39. The molecule has 1 heterocycles. The minimum absolute atomic E-state index is 0.111. The molecule has 0 aromatic heterocycles. The van der Waals surface area contributed by atoms with E-state index in [1.807, 2.05) is 6.92 Å². The summed E-state index contributed by atoms with van der Waals surface area (Å²) in [7, 11) is -3.56. The Morgan fingerprint density at radius 1 is 1.10 bits per heavy atom. The maximum Gasteiger partial charge on any atom is 0.263 e. The second-order valence-electron chi connectivity index (χ2n) is 7.25. The number of rotatable bonds is 6. The van der Waals surface area contributed by atoms with Gasteiger partial charge in [-0.15, -0.1) is 0 Å². The van der Waals surface area contributed by atoms with E-state index in [0.29, 0.717) is 36.7 Å². The molecule has 0 radical (unpaired) electrons. The van der Waals surface area contributed by atoms with E-state index in [9.17, 15) is 13.2 Å². The van der Waals surface area contributed by atoms with E-state index in [4.69, 9.17) is 16.3 Å². The third-order valence-electron chi connectivity index (χ3n) is 4.93. The largest absolute Gasteiger partial charge is 0.481 e. The number of carbonyl (C=O) groups excluding carboxylic acids is 1. The van der Waals surface area contributed by atoms with Gasteiger partial charge in [-0.05, 0) is 63.1 Å². The molecule has 8 heteroatoms. The molecule has 0 bridgehead atoms. The van der Waals surface area contributed by atoms with Crippen LogP contribution < -0.4 is 9.46 Å². The second kappa shape index (κ2) is 9.15. The molecule has 3 rings (SSSR count). The zero-order valence-corrected chi connectivity index (χ0v) is 18.0. The Morgan fingerprint density at radius 2 is 1.69 bits per heavy atom. The third kappa shape index (κ3) is 5.72. The molecule has 1 amide bonds. The highest BCUT2D eigenvalue weighted by molar-refractivity contribution is 7.89. The lowest BCUT2D eigenvalue weighted by atomic mass is 10.1. The summed E-state index contributed by atoms with van der Waals surface area (Å²) in [6.07, 6.45) is 0.492. The molecule has 1 N–H and O–H groups in total. The lowest BCUT2D eigenvalue weighted by Gasteiger charge is -2.33. The van der Waals surface area contributed by atoms with Crippen LogP contribution in [-0.2, 0) is 14.8 Å². The third-order valence-corrected chi connectivity index (χ3v) is 6.72. The number of amides is 1. The van der Waals surface area contributed by atoms with Crippen LogP contribution in [0, 0.1) is 6.92 Å². The molecule has 1 aliphatic rings. The fourth-order valence-corrected chi connectivity index (χ4v) is 4.68. The first-order valence-electron chi connectivity index (χ1n) is 9.54. The van der Waals surface area contributed by atoms with Crippen LogP contribution in [0.15, 0.2) is 53.4 Å². The topological polar surface area (TPSA) is 75.7 Å². The number of nitrogens with one attached hydrogen (secondary N) is 1. The summed E-state index contributed by atoms with van der Waals surface area (Å²) in [6.45, 7) is 4.58. The van der Waals surface area contributed by atoms with Crippen molar-refractivity contribution in [3.63, 3.8) is 0 Å². The molecule has 0 spiro atoms. The number of likely N-dealkylation sites (tertiary alicyclic amines) is 1. The number of ether oxygens (including phenoxy) is 1. The maximum atomic E-state index is 12.7. The Bertz CT molecular complexity index is 938. The van der Waals surface area contributed by atoms with Gasteiger partial charge in [0, 0.05) is 24.2 Å². The molecule has 1 fully saturated rings. The molecule has 1 aliphatic heterocycles. The summed E-state index contributed by atoms with van der Waals surface area (Å²) in [5.41, 5.74) is 1.01. The number of sulfonamides is 1. The number of piperidine rings is 1. The predicted molar refractivity (Wildman–Crippen MR) is 113 cm³/mol. The smallest absolute Gasteiger partial charge is 0.263 e. The normalized spacial score (nSPS) is 16.4. The van der Waals surface area contributed by atoms with Gasteiger partial charge in [-0.1, -0.05) is 29.3 Å². The molecule has 2 aromatic rings. The Labute approximate surface area is 176 Å². The van der Waals surface area contributed by atoms with Gasteiger partial charge < -0.3 is 9.64 Å². The van der Waals surface area contributed by atoms with E-state index in [1.165, 1.54) is 0 Å². The van der Waals surface area contributed by atoms with E-state index in [-0.39, 0.29) is 16.8 Å². The van der Waals surface area contributed by atoms with Crippen LogP contribution in [0.5, 0.6) is 5.75 Å². The minimum atomic E-state index is -3.56.